The van der Waals surface area contributed by atoms with Crippen molar-refractivity contribution < 1.29 is 19.1 Å². The fourth-order valence-corrected chi connectivity index (χ4v) is 3.63. The highest BCUT2D eigenvalue weighted by molar-refractivity contribution is 5.94. The van der Waals surface area contributed by atoms with Gasteiger partial charge in [0.05, 0.1) is 20.6 Å². The second-order valence-corrected chi connectivity index (χ2v) is 7.25. The van der Waals surface area contributed by atoms with Crippen LogP contribution in [0.4, 0.5) is 0 Å². The number of hydrogen-bond acceptors (Lipinski definition) is 4. The Morgan fingerprint density at radius 1 is 0.931 bits per heavy atom. The molecule has 0 aliphatic carbocycles. The van der Waals surface area contributed by atoms with E-state index < -0.39 is 0 Å². The van der Waals surface area contributed by atoms with Crippen molar-refractivity contribution in [2.24, 2.45) is 0 Å². The number of methoxy groups -OCH3 is 2. The Labute approximate surface area is 172 Å². The molecule has 29 heavy (non-hydrogen) atoms. The molecule has 1 saturated heterocycles. The molecule has 0 aromatic heterocycles. The molecular weight excluding hydrogens is 368 g/mol. The molecular formula is C23H28N2O4. The highest BCUT2D eigenvalue weighted by atomic mass is 16.5. The van der Waals surface area contributed by atoms with Gasteiger partial charge in [-0.2, -0.15) is 0 Å². The highest BCUT2D eigenvalue weighted by Crippen LogP contribution is 2.25. The van der Waals surface area contributed by atoms with Gasteiger partial charge in [-0.15, -0.1) is 0 Å². The van der Waals surface area contributed by atoms with Crippen LogP contribution in [0.2, 0.25) is 0 Å². The summed E-state index contributed by atoms with van der Waals surface area (Å²) in [5.41, 5.74) is 2.56. The van der Waals surface area contributed by atoms with E-state index in [0.717, 1.165) is 17.5 Å². The van der Waals surface area contributed by atoms with Crippen LogP contribution in [0, 0.1) is 6.92 Å². The number of carbonyl (C=O) groups is 2. The highest BCUT2D eigenvalue weighted by Gasteiger charge is 2.23. The number of aryl methyl sites for hydroxylation is 1. The predicted molar refractivity (Wildman–Crippen MR) is 112 cm³/mol. The zero-order valence-electron chi connectivity index (χ0n) is 17.3. The Balaban J connectivity index is 1.65. The minimum Gasteiger partial charge on any atom is -0.497 e. The second kappa shape index (κ2) is 9.45. The van der Waals surface area contributed by atoms with E-state index in [1.807, 2.05) is 59.2 Å². The molecule has 6 nitrogen and oxygen atoms in total. The molecule has 2 aromatic carbocycles. The lowest BCUT2D eigenvalue weighted by atomic mass is 10.1. The average molecular weight is 396 g/mol. The first-order chi connectivity index (χ1) is 14.0. The summed E-state index contributed by atoms with van der Waals surface area (Å²) in [6, 6.07) is 13.1. The average Bonchev–Trinajstić information content (AvgIpc) is 2.99. The van der Waals surface area contributed by atoms with Gasteiger partial charge in [0.25, 0.3) is 5.91 Å². The van der Waals surface area contributed by atoms with E-state index in [1.54, 1.807) is 14.2 Å². The van der Waals surface area contributed by atoms with Gasteiger partial charge in [-0.1, -0.05) is 17.7 Å². The fourth-order valence-electron chi connectivity index (χ4n) is 3.63. The molecule has 2 amide bonds. The zero-order valence-corrected chi connectivity index (χ0v) is 17.3. The third-order valence-corrected chi connectivity index (χ3v) is 5.23. The molecule has 6 heteroatoms. The van der Waals surface area contributed by atoms with Crippen molar-refractivity contribution in [2.45, 2.75) is 19.8 Å². The second-order valence-electron chi connectivity index (χ2n) is 7.25. The molecule has 2 aromatic rings. The number of amides is 2. The lowest BCUT2D eigenvalue weighted by Crippen LogP contribution is -2.38. The van der Waals surface area contributed by atoms with Crippen molar-refractivity contribution in [1.82, 2.24) is 9.80 Å². The maximum atomic E-state index is 12.9. The predicted octanol–water partition coefficient (Wildman–Crippen LogP) is 2.93. The summed E-state index contributed by atoms with van der Waals surface area (Å²) in [5.74, 6) is 1.42. The van der Waals surface area contributed by atoms with Crippen LogP contribution in [0.1, 0.15) is 27.9 Å². The van der Waals surface area contributed by atoms with Crippen LogP contribution in [-0.2, 0) is 11.2 Å². The van der Waals surface area contributed by atoms with Gasteiger partial charge in [-0.3, -0.25) is 9.59 Å². The van der Waals surface area contributed by atoms with E-state index >= 15 is 0 Å². The molecule has 1 fully saturated rings. The summed E-state index contributed by atoms with van der Waals surface area (Å²) >= 11 is 0. The molecule has 1 aliphatic rings. The molecule has 1 heterocycles. The van der Waals surface area contributed by atoms with E-state index in [2.05, 4.69) is 0 Å². The largest absolute Gasteiger partial charge is 0.497 e. The van der Waals surface area contributed by atoms with Crippen LogP contribution >= 0.6 is 0 Å². The maximum Gasteiger partial charge on any atom is 0.253 e. The standard InChI is InChI=1S/C23H28N2O4/c1-17-6-4-7-18(14-17)23(27)25-11-5-10-24(12-13-25)22(26)16-19-15-20(28-2)8-9-21(19)29-3/h4,6-9,14-15H,5,10-13,16H2,1-3H3. The third kappa shape index (κ3) is 5.08. The molecule has 0 bridgehead atoms. The van der Waals surface area contributed by atoms with Gasteiger partial charge < -0.3 is 19.3 Å². The topological polar surface area (TPSA) is 59.1 Å². The first-order valence-corrected chi connectivity index (χ1v) is 9.86. The van der Waals surface area contributed by atoms with E-state index in [9.17, 15) is 9.59 Å². The Morgan fingerprint density at radius 2 is 1.69 bits per heavy atom. The molecule has 0 saturated carbocycles. The Morgan fingerprint density at radius 3 is 2.41 bits per heavy atom. The number of ether oxygens (including phenoxy) is 2. The van der Waals surface area contributed by atoms with Gasteiger partial charge in [0.15, 0.2) is 0 Å². The van der Waals surface area contributed by atoms with E-state index in [-0.39, 0.29) is 18.2 Å². The summed E-state index contributed by atoms with van der Waals surface area (Å²) in [7, 11) is 3.19. The number of hydrogen-bond donors (Lipinski definition) is 0. The quantitative estimate of drug-likeness (QED) is 0.780. The number of carbonyl (C=O) groups excluding carboxylic acids is 2. The molecule has 154 valence electrons. The van der Waals surface area contributed by atoms with Gasteiger partial charge in [-0.05, 0) is 43.7 Å². The Kier molecular flexibility index (Phi) is 6.75. The van der Waals surface area contributed by atoms with Crippen molar-refractivity contribution in [1.29, 1.82) is 0 Å². The molecule has 0 spiro atoms. The summed E-state index contributed by atoms with van der Waals surface area (Å²) < 4.78 is 10.7. The third-order valence-electron chi connectivity index (χ3n) is 5.23. The molecule has 0 N–H and O–H groups in total. The molecule has 3 rings (SSSR count). The van der Waals surface area contributed by atoms with Crippen molar-refractivity contribution in [3.8, 4) is 11.5 Å². The Bertz CT molecular complexity index is 881. The summed E-state index contributed by atoms with van der Waals surface area (Å²) in [6.45, 7) is 4.34. The van der Waals surface area contributed by atoms with Crippen molar-refractivity contribution in [3.05, 3.63) is 59.2 Å². The lowest BCUT2D eigenvalue weighted by Gasteiger charge is -2.23. The van der Waals surface area contributed by atoms with Crippen LogP contribution in [0.15, 0.2) is 42.5 Å². The number of benzene rings is 2. The SMILES string of the molecule is COc1ccc(OC)c(CC(=O)N2CCCN(C(=O)c3cccc(C)c3)CC2)c1. The minimum atomic E-state index is 0.0254. The summed E-state index contributed by atoms with van der Waals surface area (Å²) in [4.78, 5) is 29.4. The number of nitrogens with zero attached hydrogens (tertiary/aromatic N) is 2. The van der Waals surface area contributed by atoms with Crippen LogP contribution < -0.4 is 9.47 Å². The monoisotopic (exact) mass is 396 g/mol. The molecule has 0 atom stereocenters. The van der Waals surface area contributed by atoms with Crippen LogP contribution in [0.3, 0.4) is 0 Å². The van der Waals surface area contributed by atoms with Gasteiger partial charge >= 0.3 is 0 Å². The van der Waals surface area contributed by atoms with Gasteiger partial charge in [-0.25, -0.2) is 0 Å². The van der Waals surface area contributed by atoms with Crippen molar-refractivity contribution in [2.75, 3.05) is 40.4 Å². The normalized spacial score (nSPS) is 14.3. The van der Waals surface area contributed by atoms with E-state index in [4.69, 9.17) is 9.47 Å². The smallest absolute Gasteiger partial charge is 0.253 e. The van der Waals surface area contributed by atoms with Gasteiger partial charge in [0, 0.05) is 37.3 Å². The van der Waals surface area contributed by atoms with Crippen LogP contribution in [-0.4, -0.2) is 62.0 Å². The summed E-state index contributed by atoms with van der Waals surface area (Å²) in [5, 5.41) is 0. The van der Waals surface area contributed by atoms with Gasteiger partial charge in [0.1, 0.15) is 11.5 Å². The van der Waals surface area contributed by atoms with E-state index in [0.29, 0.717) is 43.2 Å². The summed E-state index contributed by atoms with van der Waals surface area (Å²) in [6.07, 6.45) is 1.00. The number of rotatable bonds is 5. The first kappa shape index (κ1) is 20.7. The van der Waals surface area contributed by atoms with Crippen molar-refractivity contribution in [3.63, 3.8) is 0 Å². The van der Waals surface area contributed by atoms with Crippen molar-refractivity contribution >= 4 is 11.8 Å². The fraction of sp³-hybridized carbons (Fsp3) is 0.391. The molecule has 0 radical (unpaired) electrons. The maximum absolute atomic E-state index is 12.9. The zero-order chi connectivity index (χ0) is 20.8. The molecule has 1 aliphatic heterocycles. The molecule has 0 unspecified atom stereocenters. The van der Waals surface area contributed by atoms with Crippen LogP contribution in [0.25, 0.3) is 0 Å². The minimum absolute atomic E-state index is 0.0254. The first-order valence-electron chi connectivity index (χ1n) is 9.86. The van der Waals surface area contributed by atoms with Crippen LogP contribution in [0.5, 0.6) is 11.5 Å². The van der Waals surface area contributed by atoms with E-state index in [1.165, 1.54) is 0 Å². The Hall–Kier alpha value is -3.02. The van der Waals surface area contributed by atoms with Gasteiger partial charge in [0.2, 0.25) is 5.91 Å². The lowest BCUT2D eigenvalue weighted by molar-refractivity contribution is -0.130.